The predicted molar refractivity (Wildman–Crippen MR) is 379 cm³/mol. The van der Waals surface area contributed by atoms with Crippen molar-refractivity contribution in [1.82, 2.24) is 5.06 Å². The second-order valence-electron chi connectivity index (χ2n) is 25.5. The predicted octanol–water partition coefficient (Wildman–Crippen LogP) is 5.32. The first kappa shape index (κ1) is 86.5. The zero-order valence-electron chi connectivity index (χ0n) is 59.4. The molecule has 0 saturated carbocycles. The number of allylic oxidation sites excluding steroid dienone is 8. The van der Waals surface area contributed by atoms with Gasteiger partial charge in [-0.05, 0) is 134 Å². The SMILES string of the molecule is COCCOCCOCCOCCOCCOCC[N+]1=C(/C=C/C2=C(Cl)C(=C/C=C3/N(CCCC(=O)ON4C(=O)CCC4=O)c4ccc5c(S(=O)(=O)[O-])cc(S(=O)(=O)[O-])cc5c4C3(C)CCOCCOCCOCCOC)/CCC2)C(C)(CCCS(=O)(=O)[O-])c2c1ccc1c(S(=O)(=O)[O-])cc(S(=O)(=O)[O-])cc21. The Morgan fingerprint density at radius 3 is 1.50 bits per heavy atom. The minimum atomic E-state index is -5.50. The Morgan fingerprint density at radius 2 is 1.01 bits per heavy atom. The molecule has 32 nitrogen and oxygen atoms in total. The summed E-state index contributed by atoms with van der Waals surface area (Å²) in [6.07, 6.45) is 6.76. The van der Waals surface area contributed by atoms with E-state index in [0.29, 0.717) is 123 Å². The number of anilines is 1. The number of hydrogen-bond donors (Lipinski definition) is 0. The molecule has 4 aromatic carbocycles. The van der Waals surface area contributed by atoms with Gasteiger partial charge in [0.2, 0.25) is 5.69 Å². The van der Waals surface area contributed by atoms with Crippen molar-refractivity contribution in [3.05, 3.63) is 106 Å². The molecule has 1 fully saturated rings. The second kappa shape index (κ2) is 38.7. The van der Waals surface area contributed by atoms with Crippen molar-refractivity contribution in [2.75, 3.05) is 157 Å². The molecule has 3 aliphatic heterocycles. The highest BCUT2D eigenvalue weighted by Gasteiger charge is 2.50. The Morgan fingerprint density at radius 1 is 0.533 bits per heavy atom. The van der Waals surface area contributed by atoms with Gasteiger partial charge in [-0.2, -0.15) is 4.58 Å². The normalized spacial score (nSPS) is 19.0. The molecule has 8 rings (SSSR count). The fourth-order valence-electron chi connectivity index (χ4n) is 13.3. The van der Waals surface area contributed by atoms with Crippen LogP contribution < -0.4 is 4.90 Å². The molecule has 2 amide bonds. The maximum Gasteiger partial charge on any atom is 0.333 e. The largest absolute Gasteiger partial charge is 0.748 e. The van der Waals surface area contributed by atoms with E-state index in [9.17, 15) is 79.2 Å². The van der Waals surface area contributed by atoms with Crippen LogP contribution in [-0.4, -0.2) is 250 Å². The van der Waals surface area contributed by atoms with Crippen LogP contribution in [0.4, 0.5) is 11.4 Å². The highest BCUT2D eigenvalue weighted by molar-refractivity contribution is 7.87. The van der Waals surface area contributed by atoms with Crippen LogP contribution in [0.3, 0.4) is 0 Å². The average molecular weight is 1620 g/mol. The van der Waals surface area contributed by atoms with E-state index >= 15 is 0 Å². The molecule has 38 heteroatoms. The third-order valence-electron chi connectivity index (χ3n) is 18.3. The fourth-order valence-corrected chi connectivity index (χ4v) is 16.7. The lowest BCUT2D eigenvalue weighted by molar-refractivity contribution is -0.442. The van der Waals surface area contributed by atoms with Gasteiger partial charge in [-0.3, -0.25) is 9.59 Å². The molecule has 0 bridgehead atoms. The van der Waals surface area contributed by atoms with Crippen LogP contribution in [0.5, 0.6) is 0 Å². The number of carbonyl (C=O) groups excluding carboxylic acids is 3. The van der Waals surface area contributed by atoms with Crippen molar-refractivity contribution in [2.24, 2.45) is 0 Å². The van der Waals surface area contributed by atoms with Crippen LogP contribution >= 0.6 is 11.6 Å². The summed E-state index contributed by atoms with van der Waals surface area (Å²) in [5, 5.41) is -0.103. The number of rotatable bonds is 46. The highest BCUT2D eigenvalue weighted by atomic mass is 35.5. The van der Waals surface area contributed by atoms with Crippen LogP contribution in [0, 0.1) is 0 Å². The van der Waals surface area contributed by atoms with Gasteiger partial charge in [0.15, 0.2) is 12.3 Å². The van der Waals surface area contributed by atoms with Crippen molar-refractivity contribution in [3.8, 4) is 0 Å². The zero-order valence-corrected chi connectivity index (χ0v) is 64.3. The molecule has 4 aromatic rings. The number of nitrogens with zero attached hydrogens (tertiary/aromatic N) is 3. The number of methoxy groups -OCH3 is 2. The quantitative estimate of drug-likeness (QED) is 0.0234. The topological polar surface area (TPSA) is 448 Å². The van der Waals surface area contributed by atoms with E-state index in [-0.39, 0.29) is 162 Å². The number of hydroxylamine groups is 2. The number of imide groups is 1. The standard InChI is InChI=1S/C69H90ClN3O29S5/c1-68(21-7-43-103(77,78)79)60(72(24-26-95-32-34-99-39-40-101-42-41-100-38-36-97-30-28-93-4)57-16-14-52-54(65(57)68)44-50(104(80,81)82)46-58(52)106(86,87)88)17-11-48-8-5-9-49(67(48)70)12-18-61-69(2,22-25-94-31-33-98-37-35-96-29-27-92-3)66-55-45-51(105(83,84)85)47-59(107(89,90)91)53(55)13-15-56(66)71(61)23-6-10-64(76)102-73-62(74)19-20-63(73)75/h11-18,44-47H,5-10,19-43H2,1-4H3,(H4-,77,78,79,80,81,82,83,84,85,86,87,88,89,90,91)/p-4. The Kier molecular flexibility index (Phi) is 31.3. The minimum Gasteiger partial charge on any atom is -0.748 e. The van der Waals surface area contributed by atoms with Gasteiger partial charge in [0.25, 0.3) is 11.8 Å². The molecule has 0 radical (unpaired) electrons. The van der Waals surface area contributed by atoms with Gasteiger partial charge in [0.05, 0.1) is 141 Å². The minimum absolute atomic E-state index is 0.00378. The first-order chi connectivity index (χ1) is 50.6. The average Bonchev–Trinajstić information content (AvgIpc) is 1.58. The number of halogens is 1. The van der Waals surface area contributed by atoms with Crippen molar-refractivity contribution in [1.29, 1.82) is 0 Å². The van der Waals surface area contributed by atoms with Crippen molar-refractivity contribution >= 4 is 119 Å². The van der Waals surface area contributed by atoms with E-state index < -0.39 is 105 Å². The Balaban J connectivity index is 1.20. The summed E-state index contributed by atoms with van der Waals surface area (Å²) in [5.74, 6) is -3.23. The molecule has 1 saturated heterocycles. The molecule has 592 valence electrons. The third kappa shape index (κ3) is 23.0. The smallest absolute Gasteiger partial charge is 0.333 e. The van der Waals surface area contributed by atoms with E-state index in [1.807, 2.05) is 0 Å². The summed E-state index contributed by atoms with van der Waals surface area (Å²) >= 11 is 7.50. The maximum absolute atomic E-state index is 13.4. The number of benzene rings is 4. The Labute approximate surface area is 627 Å². The van der Waals surface area contributed by atoms with Crippen LogP contribution in [0.15, 0.2) is 114 Å². The zero-order chi connectivity index (χ0) is 78.0. The second-order valence-corrected chi connectivity index (χ2v) is 32.9. The van der Waals surface area contributed by atoms with Crippen LogP contribution in [-0.2, 0) is 128 Å². The molecule has 3 heterocycles. The molecule has 2 unspecified atom stereocenters. The van der Waals surface area contributed by atoms with Gasteiger partial charge in [-0.15, -0.1) is 5.06 Å². The summed E-state index contributed by atoms with van der Waals surface area (Å²) in [4.78, 5) is 41.1. The molecule has 1 aliphatic carbocycles. The molecular weight excluding hydrogens is 1530 g/mol. The molecule has 0 spiro atoms. The monoisotopic (exact) mass is 1620 g/mol. The van der Waals surface area contributed by atoms with Crippen molar-refractivity contribution in [2.45, 2.75) is 108 Å². The molecule has 2 atom stereocenters. The maximum atomic E-state index is 13.4. The molecule has 0 N–H and O–H groups in total. The highest BCUT2D eigenvalue weighted by Crippen LogP contribution is 2.55. The van der Waals surface area contributed by atoms with Crippen LogP contribution in [0.1, 0.15) is 89.2 Å². The molecular formula is C69H86ClN3O29S5-4. The van der Waals surface area contributed by atoms with E-state index in [2.05, 4.69) is 0 Å². The fraction of sp³-hybridized carbons (Fsp3) is 0.536. The lowest BCUT2D eigenvalue weighted by atomic mass is 9.74. The summed E-state index contributed by atoms with van der Waals surface area (Å²) in [6.45, 7) is 7.68. The lowest BCUT2D eigenvalue weighted by Crippen LogP contribution is -2.33. The van der Waals surface area contributed by atoms with E-state index in [4.69, 9.17) is 63.8 Å². The van der Waals surface area contributed by atoms with Gasteiger partial charge >= 0.3 is 5.97 Å². The molecule has 107 heavy (non-hydrogen) atoms. The van der Waals surface area contributed by atoms with Crippen LogP contribution in [0.2, 0.25) is 0 Å². The van der Waals surface area contributed by atoms with Gasteiger partial charge in [-0.25, -0.2) is 46.9 Å². The Hall–Kier alpha value is -6.12. The Bertz CT molecular complexity index is 4640. The molecule has 0 aromatic heterocycles. The summed E-state index contributed by atoms with van der Waals surface area (Å²) < 4.78 is 249. The van der Waals surface area contributed by atoms with E-state index in [1.165, 1.54) is 31.4 Å². The third-order valence-corrected chi connectivity index (χ3v) is 22.9. The first-order valence-corrected chi connectivity index (χ1v) is 41.8. The number of ether oxygens (including phenoxy) is 10. The van der Waals surface area contributed by atoms with Crippen molar-refractivity contribution in [3.63, 3.8) is 0 Å². The van der Waals surface area contributed by atoms with E-state index in [1.54, 1.807) is 54.7 Å². The van der Waals surface area contributed by atoms with Gasteiger partial charge in [0, 0.05) is 97.3 Å². The number of amides is 2. The number of fused-ring (bicyclic) bond motifs is 6. The number of hydrogen-bond acceptors (Lipinski definition) is 30. The summed E-state index contributed by atoms with van der Waals surface area (Å²) in [6, 6.07) is 8.47. The van der Waals surface area contributed by atoms with Gasteiger partial charge < -0.3 is 79.9 Å². The van der Waals surface area contributed by atoms with Crippen molar-refractivity contribution < 1.29 is 136 Å². The lowest BCUT2D eigenvalue weighted by Gasteiger charge is -2.31. The van der Waals surface area contributed by atoms with Crippen LogP contribution in [0.25, 0.3) is 21.5 Å². The van der Waals surface area contributed by atoms with Gasteiger partial charge in [-0.1, -0.05) is 29.8 Å². The van der Waals surface area contributed by atoms with E-state index in [0.717, 1.165) is 12.1 Å². The first-order valence-electron chi connectivity index (χ1n) is 34.2. The molecule has 4 aliphatic rings. The summed E-state index contributed by atoms with van der Waals surface area (Å²) in [7, 11) is -23.6. The van der Waals surface area contributed by atoms with Gasteiger partial charge in [0.1, 0.15) is 47.1 Å². The summed E-state index contributed by atoms with van der Waals surface area (Å²) in [5.41, 5.74) is 0.0187. The number of carbonyl (C=O) groups is 3.